The highest BCUT2D eigenvalue weighted by Gasteiger charge is 2.03. The van der Waals surface area contributed by atoms with E-state index in [0.717, 1.165) is 17.2 Å². The highest BCUT2D eigenvalue weighted by molar-refractivity contribution is 5.85. The SMILES string of the molecule is CC(=O)Oc1ccc2cc(CC(C)N)ccc2c1. The van der Waals surface area contributed by atoms with Crippen LogP contribution >= 0.6 is 0 Å². The summed E-state index contributed by atoms with van der Waals surface area (Å²) in [5.41, 5.74) is 7.01. The number of ether oxygens (including phenoxy) is 1. The van der Waals surface area contributed by atoms with Crippen molar-refractivity contribution in [1.82, 2.24) is 0 Å². The van der Waals surface area contributed by atoms with Crippen LogP contribution in [-0.2, 0) is 11.2 Å². The molecule has 0 saturated carbocycles. The molecule has 0 aromatic heterocycles. The topological polar surface area (TPSA) is 52.3 Å². The van der Waals surface area contributed by atoms with Gasteiger partial charge in [-0.3, -0.25) is 4.79 Å². The Labute approximate surface area is 107 Å². The summed E-state index contributed by atoms with van der Waals surface area (Å²) < 4.78 is 5.06. The predicted octanol–water partition coefficient (Wildman–Crippen LogP) is 2.65. The Morgan fingerprint density at radius 1 is 1.22 bits per heavy atom. The standard InChI is InChI=1S/C15H17NO2/c1-10(16)7-12-3-4-14-9-15(18-11(2)17)6-5-13(14)8-12/h3-6,8-10H,7,16H2,1-2H3. The van der Waals surface area contributed by atoms with Gasteiger partial charge in [-0.25, -0.2) is 0 Å². The summed E-state index contributed by atoms with van der Waals surface area (Å²) in [4.78, 5) is 10.9. The first-order valence-corrected chi connectivity index (χ1v) is 6.01. The van der Waals surface area contributed by atoms with Crippen molar-refractivity contribution in [3.05, 3.63) is 42.0 Å². The van der Waals surface area contributed by atoms with Crippen LogP contribution in [0.5, 0.6) is 5.75 Å². The first-order chi connectivity index (χ1) is 8.54. The van der Waals surface area contributed by atoms with Gasteiger partial charge >= 0.3 is 5.97 Å². The molecule has 0 spiro atoms. The number of nitrogens with two attached hydrogens (primary N) is 1. The van der Waals surface area contributed by atoms with E-state index >= 15 is 0 Å². The van der Waals surface area contributed by atoms with Crippen LogP contribution in [0.4, 0.5) is 0 Å². The largest absolute Gasteiger partial charge is 0.427 e. The zero-order valence-corrected chi connectivity index (χ0v) is 10.6. The van der Waals surface area contributed by atoms with Gasteiger partial charge < -0.3 is 10.5 Å². The minimum Gasteiger partial charge on any atom is -0.427 e. The number of carbonyl (C=O) groups is 1. The van der Waals surface area contributed by atoms with Crippen LogP contribution in [0.1, 0.15) is 19.4 Å². The number of fused-ring (bicyclic) bond motifs is 1. The van der Waals surface area contributed by atoms with Gasteiger partial charge in [0.2, 0.25) is 0 Å². The van der Waals surface area contributed by atoms with Crippen molar-refractivity contribution in [3.8, 4) is 5.75 Å². The Hall–Kier alpha value is -1.87. The zero-order chi connectivity index (χ0) is 13.1. The van der Waals surface area contributed by atoms with E-state index in [1.807, 2.05) is 25.1 Å². The minimum absolute atomic E-state index is 0.155. The van der Waals surface area contributed by atoms with Gasteiger partial charge in [0.1, 0.15) is 5.75 Å². The van der Waals surface area contributed by atoms with E-state index < -0.39 is 0 Å². The molecule has 2 aromatic carbocycles. The van der Waals surface area contributed by atoms with Gasteiger partial charge in [0.15, 0.2) is 0 Å². The van der Waals surface area contributed by atoms with E-state index in [-0.39, 0.29) is 12.0 Å². The van der Waals surface area contributed by atoms with Crippen LogP contribution in [0.25, 0.3) is 10.8 Å². The summed E-state index contributed by atoms with van der Waals surface area (Å²) in [7, 11) is 0. The maximum Gasteiger partial charge on any atom is 0.308 e. The van der Waals surface area contributed by atoms with Crippen LogP contribution in [0, 0.1) is 0 Å². The second-order valence-corrected chi connectivity index (χ2v) is 4.62. The third kappa shape index (κ3) is 3.08. The van der Waals surface area contributed by atoms with Crippen molar-refractivity contribution in [1.29, 1.82) is 0 Å². The van der Waals surface area contributed by atoms with Crippen molar-refractivity contribution >= 4 is 16.7 Å². The first-order valence-electron chi connectivity index (χ1n) is 6.01. The predicted molar refractivity (Wildman–Crippen MR) is 72.6 cm³/mol. The molecule has 1 atom stereocenters. The number of hydrogen-bond donors (Lipinski definition) is 1. The van der Waals surface area contributed by atoms with Crippen molar-refractivity contribution in [3.63, 3.8) is 0 Å². The lowest BCUT2D eigenvalue weighted by Crippen LogP contribution is -2.17. The van der Waals surface area contributed by atoms with Gasteiger partial charge in [-0.2, -0.15) is 0 Å². The lowest BCUT2D eigenvalue weighted by atomic mass is 10.0. The summed E-state index contributed by atoms with van der Waals surface area (Å²) >= 11 is 0. The Kier molecular flexibility index (Phi) is 3.63. The number of esters is 1. The fourth-order valence-electron chi connectivity index (χ4n) is 2.00. The highest BCUT2D eigenvalue weighted by Crippen LogP contribution is 2.22. The van der Waals surface area contributed by atoms with E-state index in [4.69, 9.17) is 10.5 Å². The van der Waals surface area contributed by atoms with Crippen molar-refractivity contribution < 1.29 is 9.53 Å². The summed E-state index contributed by atoms with van der Waals surface area (Å²) in [5, 5.41) is 2.19. The average molecular weight is 243 g/mol. The molecule has 1 unspecified atom stereocenters. The van der Waals surface area contributed by atoms with Gasteiger partial charge in [-0.15, -0.1) is 0 Å². The summed E-state index contributed by atoms with van der Waals surface area (Å²) in [6.07, 6.45) is 0.863. The van der Waals surface area contributed by atoms with Gasteiger partial charge in [0.05, 0.1) is 0 Å². The molecule has 2 aromatic rings. The van der Waals surface area contributed by atoms with Crippen LogP contribution in [0.3, 0.4) is 0 Å². The Bertz CT molecular complexity index is 576. The molecule has 18 heavy (non-hydrogen) atoms. The second kappa shape index (κ2) is 5.19. The van der Waals surface area contributed by atoms with E-state index in [1.165, 1.54) is 12.5 Å². The maximum atomic E-state index is 10.9. The molecule has 0 aliphatic carbocycles. The molecule has 0 aliphatic rings. The molecule has 94 valence electrons. The Balaban J connectivity index is 2.32. The summed E-state index contributed by atoms with van der Waals surface area (Å²) in [6.45, 7) is 3.39. The Morgan fingerprint density at radius 2 is 1.89 bits per heavy atom. The fourth-order valence-corrected chi connectivity index (χ4v) is 2.00. The normalized spacial score (nSPS) is 12.4. The van der Waals surface area contributed by atoms with Crippen LogP contribution < -0.4 is 10.5 Å². The smallest absolute Gasteiger partial charge is 0.308 e. The van der Waals surface area contributed by atoms with Gasteiger partial charge in [-0.1, -0.05) is 24.3 Å². The van der Waals surface area contributed by atoms with Crippen LogP contribution in [0.15, 0.2) is 36.4 Å². The molecule has 2 N–H and O–H groups in total. The molecule has 0 fully saturated rings. The number of benzene rings is 2. The lowest BCUT2D eigenvalue weighted by Gasteiger charge is -2.08. The van der Waals surface area contributed by atoms with E-state index in [2.05, 4.69) is 12.1 Å². The van der Waals surface area contributed by atoms with Crippen molar-refractivity contribution in [2.75, 3.05) is 0 Å². The van der Waals surface area contributed by atoms with Crippen molar-refractivity contribution in [2.45, 2.75) is 26.3 Å². The molecular weight excluding hydrogens is 226 g/mol. The van der Waals surface area contributed by atoms with Gasteiger partial charge in [0.25, 0.3) is 0 Å². The molecule has 0 heterocycles. The molecule has 2 rings (SSSR count). The quantitative estimate of drug-likeness (QED) is 0.666. The molecule has 0 radical (unpaired) electrons. The Morgan fingerprint density at radius 3 is 2.56 bits per heavy atom. The second-order valence-electron chi connectivity index (χ2n) is 4.62. The van der Waals surface area contributed by atoms with E-state index in [0.29, 0.717) is 5.75 Å². The average Bonchev–Trinajstić information content (AvgIpc) is 2.27. The molecule has 0 amide bonds. The molecule has 3 nitrogen and oxygen atoms in total. The molecule has 0 bridgehead atoms. The third-order valence-corrected chi connectivity index (χ3v) is 2.70. The lowest BCUT2D eigenvalue weighted by molar-refractivity contribution is -0.131. The summed E-state index contributed by atoms with van der Waals surface area (Å²) in [6, 6.07) is 12.0. The first kappa shape index (κ1) is 12.6. The van der Waals surface area contributed by atoms with Gasteiger partial charge in [-0.05, 0) is 41.8 Å². The minimum atomic E-state index is -0.303. The van der Waals surface area contributed by atoms with Crippen LogP contribution in [0.2, 0.25) is 0 Å². The number of carbonyl (C=O) groups excluding carboxylic acids is 1. The highest BCUT2D eigenvalue weighted by atomic mass is 16.5. The maximum absolute atomic E-state index is 10.9. The summed E-state index contributed by atoms with van der Waals surface area (Å²) in [5.74, 6) is 0.276. The van der Waals surface area contributed by atoms with Gasteiger partial charge in [0, 0.05) is 13.0 Å². The van der Waals surface area contributed by atoms with Crippen molar-refractivity contribution in [2.24, 2.45) is 5.73 Å². The molecule has 3 heteroatoms. The van der Waals surface area contributed by atoms with E-state index in [1.54, 1.807) is 6.07 Å². The molecule has 0 aliphatic heterocycles. The zero-order valence-electron chi connectivity index (χ0n) is 10.6. The van der Waals surface area contributed by atoms with E-state index in [9.17, 15) is 4.79 Å². The number of rotatable bonds is 3. The van der Waals surface area contributed by atoms with Crippen LogP contribution in [-0.4, -0.2) is 12.0 Å². The molecule has 0 saturated heterocycles. The fraction of sp³-hybridized carbons (Fsp3) is 0.267. The monoisotopic (exact) mass is 243 g/mol. The third-order valence-electron chi connectivity index (χ3n) is 2.70. The number of hydrogen-bond acceptors (Lipinski definition) is 3. The molecular formula is C15H17NO2.